The van der Waals surface area contributed by atoms with Crippen LogP contribution in [0.5, 0.6) is 0 Å². The molecule has 1 aromatic heterocycles. The number of hydrogen-bond acceptors (Lipinski definition) is 8. The van der Waals surface area contributed by atoms with Crippen LogP contribution in [0, 0.1) is 0 Å². The largest absolute Gasteiger partial charge is 0.481 e. The summed E-state index contributed by atoms with van der Waals surface area (Å²) in [4.78, 5) is 42.9. The molecule has 2 rings (SSSR count). The Bertz CT molecular complexity index is 787. The Hall–Kier alpha value is -3.42. The van der Waals surface area contributed by atoms with Crippen molar-refractivity contribution in [1.29, 1.82) is 0 Å². The Morgan fingerprint density at radius 2 is 2.03 bits per heavy atom. The van der Waals surface area contributed by atoms with Crippen LogP contribution in [0.15, 0.2) is 9.52 Å². The minimum Gasteiger partial charge on any atom is -0.481 e. The highest BCUT2D eigenvalue weighted by Gasteiger charge is 2.28. The summed E-state index contributed by atoms with van der Waals surface area (Å²) in [6.07, 6.45) is 1.97. The number of amides is 2. The first-order valence-corrected chi connectivity index (χ1v) is 9.90. The van der Waals surface area contributed by atoms with Crippen LogP contribution < -0.4 is 27.4 Å². The Labute approximate surface area is 177 Å². The Balaban J connectivity index is 1.99. The van der Waals surface area contributed by atoms with Crippen LogP contribution in [-0.2, 0) is 9.59 Å². The second-order valence-electron chi connectivity index (χ2n) is 7.08. The lowest BCUT2D eigenvalue weighted by molar-refractivity contribution is -0.139. The van der Waals surface area contributed by atoms with Crippen molar-refractivity contribution in [3.63, 3.8) is 0 Å². The second-order valence-corrected chi connectivity index (χ2v) is 7.08. The van der Waals surface area contributed by atoms with Crippen LogP contribution in [0.25, 0.3) is 0 Å². The average Bonchev–Trinajstić information content (AvgIpc) is 3.38. The third-order valence-corrected chi connectivity index (χ3v) is 4.63. The molecule has 1 saturated heterocycles. The first-order valence-electron chi connectivity index (χ1n) is 9.90. The van der Waals surface area contributed by atoms with E-state index in [1.807, 2.05) is 0 Å². The molecule has 1 aromatic rings. The van der Waals surface area contributed by atoms with E-state index < -0.39 is 30.1 Å². The van der Waals surface area contributed by atoms with Gasteiger partial charge in [-0.25, -0.2) is 9.59 Å². The van der Waals surface area contributed by atoms with Gasteiger partial charge in [0.15, 0.2) is 11.8 Å². The van der Waals surface area contributed by atoms with Gasteiger partial charge in [-0.1, -0.05) is 5.16 Å². The van der Waals surface area contributed by atoms with Crippen molar-refractivity contribution < 1.29 is 29.1 Å². The molecule has 0 unspecified atom stereocenters. The summed E-state index contributed by atoms with van der Waals surface area (Å²) in [7, 11) is 0. The first kappa shape index (κ1) is 23.9. The van der Waals surface area contributed by atoms with Gasteiger partial charge < -0.3 is 42.2 Å². The van der Waals surface area contributed by atoms with Crippen molar-refractivity contribution in [2.75, 3.05) is 13.1 Å². The summed E-state index contributed by atoms with van der Waals surface area (Å²) >= 11 is 0. The van der Waals surface area contributed by atoms with Crippen LogP contribution >= 0.6 is 0 Å². The standard InChI is InChI=1S/C17H28N8O6/c18-16(19)21-8-2-4-11(15(28)29)23-17(30)22-10(5-6-12(26)27)14-24-13(25-31-14)9-3-1-7-20-9/h9-11,20H,1-8H2,(H,26,27)(H,28,29)(H4,18,19,21)(H2,22,23,30)/t9-,10-,11-/m0/s1. The molecule has 1 aliphatic rings. The normalized spacial score (nSPS) is 17.5. The van der Waals surface area contributed by atoms with E-state index in [0.29, 0.717) is 12.2 Å². The molecule has 1 fully saturated rings. The zero-order valence-electron chi connectivity index (χ0n) is 16.9. The molecule has 2 heterocycles. The number of aromatic nitrogens is 2. The molecule has 0 spiro atoms. The molecule has 3 atom stereocenters. The van der Waals surface area contributed by atoms with Gasteiger partial charge in [-0.3, -0.25) is 9.79 Å². The number of carbonyl (C=O) groups is 3. The van der Waals surface area contributed by atoms with Crippen LogP contribution in [0.2, 0.25) is 0 Å². The molecule has 172 valence electrons. The van der Waals surface area contributed by atoms with Gasteiger partial charge in [-0.2, -0.15) is 4.98 Å². The van der Waals surface area contributed by atoms with E-state index in [4.69, 9.17) is 21.1 Å². The summed E-state index contributed by atoms with van der Waals surface area (Å²) < 4.78 is 5.24. The van der Waals surface area contributed by atoms with Gasteiger partial charge in [-0.15, -0.1) is 0 Å². The van der Waals surface area contributed by atoms with E-state index in [1.54, 1.807) is 0 Å². The van der Waals surface area contributed by atoms with Gasteiger partial charge >= 0.3 is 18.0 Å². The van der Waals surface area contributed by atoms with E-state index >= 15 is 0 Å². The van der Waals surface area contributed by atoms with Gasteiger partial charge in [0.2, 0.25) is 5.89 Å². The molecule has 2 amide bonds. The number of aliphatic carboxylic acids is 2. The van der Waals surface area contributed by atoms with Crippen molar-refractivity contribution in [3.8, 4) is 0 Å². The van der Waals surface area contributed by atoms with Crippen LogP contribution in [0.1, 0.15) is 62.3 Å². The first-order chi connectivity index (χ1) is 14.8. The predicted molar refractivity (Wildman–Crippen MR) is 107 cm³/mol. The van der Waals surface area contributed by atoms with Gasteiger partial charge in [0, 0.05) is 13.0 Å². The van der Waals surface area contributed by atoms with Crippen LogP contribution in [0.4, 0.5) is 4.79 Å². The van der Waals surface area contributed by atoms with Gasteiger partial charge in [-0.05, 0) is 38.6 Å². The SMILES string of the molecule is NC(N)=NCCC[C@H](NC(=O)N[C@@H](CCC(=O)O)c1nc([C@@H]2CCCN2)no1)C(=O)O. The fourth-order valence-electron chi connectivity index (χ4n) is 3.08. The molecule has 14 nitrogen and oxygen atoms in total. The average molecular weight is 440 g/mol. The maximum atomic E-state index is 12.4. The zero-order valence-corrected chi connectivity index (χ0v) is 16.9. The zero-order chi connectivity index (χ0) is 22.8. The molecular weight excluding hydrogens is 412 g/mol. The summed E-state index contributed by atoms with van der Waals surface area (Å²) in [5, 5.41) is 30.3. The number of nitrogens with zero attached hydrogens (tertiary/aromatic N) is 3. The maximum absolute atomic E-state index is 12.4. The molecule has 0 saturated carbocycles. The fourth-order valence-corrected chi connectivity index (χ4v) is 3.08. The number of nitrogens with one attached hydrogen (secondary N) is 3. The number of guanidine groups is 1. The molecule has 0 radical (unpaired) electrons. The third kappa shape index (κ3) is 8.08. The van der Waals surface area contributed by atoms with Crippen molar-refractivity contribution in [2.24, 2.45) is 16.5 Å². The smallest absolute Gasteiger partial charge is 0.326 e. The van der Waals surface area contributed by atoms with Crippen LogP contribution in [0.3, 0.4) is 0 Å². The van der Waals surface area contributed by atoms with E-state index in [1.165, 1.54) is 0 Å². The van der Waals surface area contributed by atoms with E-state index in [-0.39, 0.29) is 43.7 Å². The molecule has 0 aliphatic carbocycles. The number of urea groups is 1. The van der Waals surface area contributed by atoms with Crippen molar-refractivity contribution in [2.45, 2.75) is 56.7 Å². The van der Waals surface area contributed by atoms with Gasteiger partial charge in [0.25, 0.3) is 0 Å². The lowest BCUT2D eigenvalue weighted by Crippen LogP contribution is -2.47. The van der Waals surface area contributed by atoms with Gasteiger partial charge in [0.05, 0.1) is 6.04 Å². The Morgan fingerprint density at radius 1 is 1.26 bits per heavy atom. The molecule has 0 bridgehead atoms. The highest BCUT2D eigenvalue weighted by molar-refractivity contribution is 5.82. The molecule has 31 heavy (non-hydrogen) atoms. The number of carbonyl (C=O) groups excluding carboxylic acids is 1. The van der Waals surface area contributed by atoms with Gasteiger partial charge in [0.1, 0.15) is 12.1 Å². The molecule has 0 aromatic carbocycles. The number of nitrogens with two attached hydrogens (primary N) is 2. The summed E-state index contributed by atoms with van der Waals surface area (Å²) in [6, 6.07) is -2.94. The van der Waals surface area contributed by atoms with E-state index in [9.17, 15) is 19.5 Å². The van der Waals surface area contributed by atoms with Crippen molar-refractivity contribution in [3.05, 3.63) is 11.7 Å². The van der Waals surface area contributed by atoms with Crippen molar-refractivity contribution in [1.82, 2.24) is 26.1 Å². The monoisotopic (exact) mass is 440 g/mol. The number of hydrogen-bond donors (Lipinski definition) is 7. The summed E-state index contributed by atoms with van der Waals surface area (Å²) in [5.41, 5.74) is 10.4. The molecule has 14 heteroatoms. The van der Waals surface area contributed by atoms with Crippen LogP contribution in [-0.4, -0.2) is 63.4 Å². The topological polar surface area (TPSA) is 231 Å². The molecule has 9 N–H and O–H groups in total. The number of aliphatic imine (C=N–C) groups is 1. The highest BCUT2D eigenvalue weighted by atomic mass is 16.5. The van der Waals surface area contributed by atoms with E-state index in [2.05, 4.69) is 31.1 Å². The number of carboxylic acid groups (broad SMARTS) is 2. The minimum atomic E-state index is -1.23. The quantitative estimate of drug-likeness (QED) is 0.121. The summed E-state index contributed by atoms with van der Waals surface area (Å²) in [5.74, 6) is -1.91. The molecule has 1 aliphatic heterocycles. The van der Waals surface area contributed by atoms with Crippen molar-refractivity contribution >= 4 is 23.9 Å². The highest BCUT2D eigenvalue weighted by Crippen LogP contribution is 2.23. The predicted octanol–water partition coefficient (Wildman–Crippen LogP) is -0.794. The number of carboxylic acids is 2. The maximum Gasteiger partial charge on any atom is 0.326 e. The third-order valence-electron chi connectivity index (χ3n) is 4.63. The lowest BCUT2D eigenvalue weighted by Gasteiger charge is -2.18. The Kier molecular flexibility index (Phi) is 8.99. The molecular formula is C17H28N8O6. The fraction of sp³-hybridized carbons (Fsp3) is 0.647. The number of rotatable bonds is 12. The lowest BCUT2D eigenvalue weighted by atomic mass is 10.1. The summed E-state index contributed by atoms with van der Waals surface area (Å²) in [6.45, 7) is 1.05. The second kappa shape index (κ2) is 11.7. The van der Waals surface area contributed by atoms with E-state index in [0.717, 1.165) is 19.4 Å². The minimum absolute atomic E-state index is 0.00921. The Morgan fingerprint density at radius 3 is 2.65 bits per heavy atom.